The van der Waals surface area contributed by atoms with Crippen molar-refractivity contribution in [3.63, 3.8) is 0 Å². The molecule has 2 N–H and O–H groups in total. The van der Waals surface area contributed by atoms with E-state index in [0.29, 0.717) is 32.0 Å². The molecule has 0 aliphatic carbocycles. The van der Waals surface area contributed by atoms with Gasteiger partial charge in [0.1, 0.15) is 18.1 Å². The van der Waals surface area contributed by atoms with Crippen molar-refractivity contribution in [2.24, 2.45) is 0 Å². The number of ether oxygens (including phenoxy) is 1. The Morgan fingerprint density at radius 2 is 2.32 bits per heavy atom. The molecule has 0 radical (unpaired) electrons. The molecule has 0 saturated carbocycles. The number of furan rings is 1. The Morgan fingerprint density at radius 1 is 1.39 bits per heavy atom. The fourth-order valence-corrected chi connectivity index (χ4v) is 3.28. The number of amides is 2. The number of hydrogen-bond acceptors (Lipinski definition) is 5. The minimum atomic E-state index is -0.172. The zero-order valence-corrected chi connectivity index (χ0v) is 15.7. The summed E-state index contributed by atoms with van der Waals surface area (Å²) in [5.74, 6) is 1.53. The van der Waals surface area contributed by atoms with Crippen LogP contribution in [-0.4, -0.2) is 35.7 Å². The van der Waals surface area contributed by atoms with Gasteiger partial charge in [-0.3, -0.25) is 4.90 Å². The molecule has 3 heterocycles. The van der Waals surface area contributed by atoms with Crippen molar-refractivity contribution >= 4 is 17.4 Å². The molecule has 28 heavy (non-hydrogen) atoms. The Labute approximate surface area is 163 Å². The standard InChI is InChI=1S/C20H23N5O3/c1-2-25(20(26)22-12-17-4-3-8-27-17)16-5-6-19-18(10-16)24(7-9-28-19)13-15-11-21-14-23-15/h3-6,8,10-11,14H,2,7,9,12-13H2,1H3,(H,21,23)(H,22,26). The molecule has 146 valence electrons. The first-order chi connectivity index (χ1) is 13.7. The van der Waals surface area contributed by atoms with E-state index in [9.17, 15) is 4.79 Å². The van der Waals surface area contributed by atoms with Crippen molar-refractivity contribution in [3.05, 3.63) is 60.6 Å². The van der Waals surface area contributed by atoms with Crippen molar-refractivity contribution < 1.29 is 13.9 Å². The molecule has 0 fully saturated rings. The number of nitrogens with zero attached hydrogens (tertiary/aromatic N) is 3. The summed E-state index contributed by atoms with van der Waals surface area (Å²) in [6, 6.07) is 9.29. The predicted molar refractivity (Wildman–Crippen MR) is 106 cm³/mol. The third-order valence-corrected chi connectivity index (χ3v) is 4.68. The van der Waals surface area contributed by atoms with Crippen molar-refractivity contribution in [1.29, 1.82) is 0 Å². The number of H-pyrrole nitrogens is 1. The van der Waals surface area contributed by atoms with E-state index in [1.54, 1.807) is 23.6 Å². The summed E-state index contributed by atoms with van der Waals surface area (Å²) in [6.07, 6.45) is 5.16. The first kappa shape index (κ1) is 18.0. The van der Waals surface area contributed by atoms with E-state index in [1.807, 2.05) is 37.4 Å². The summed E-state index contributed by atoms with van der Waals surface area (Å²) in [6.45, 7) is 4.91. The molecule has 0 spiro atoms. The van der Waals surface area contributed by atoms with Gasteiger partial charge in [0.05, 0.1) is 43.6 Å². The molecule has 4 rings (SSSR count). The molecule has 2 amide bonds. The number of urea groups is 1. The van der Waals surface area contributed by atoms with E-state index in [4.69, 9.17) is 9.15 Å². The highest BCUT2D eigenvalue weighted by atomic mass is 16.5. The Balaban J connectivity index is 1.52. The van der Waals surface area contributed by atoms with Crippen LogP contribution in [0, 0.1) is 0 Å². The normalized spacial score (nSPS) is 13.0. The van der Waals surface area contributed by atoms with Crippen LogP contribution in [-0.2, 0) is 13.1 Å². The number of nitrogens with one attached hydrogen (secondary N) is 2. The second kappa shape index (κ2) is 8.08. The number of carbonyl (C=O) groups is 1. The van der Waals surface area contributed by atoms with Gasteiger partial charge < -0.3 is 24.4 Å². The SMILES string of the molecule is CCN(C(=O)NCc1ccco1)c1ccc2c(c1)N(Cc1c[nH]cn1)CCO2. The van der Waals surface area contributed by atoms with Gasteiger partial charge >= 0.3 is 6.03 Å². The van der Waals surface area contributed by atoms with Crippen molar-refractivity contribution in [2.75, 3.05) is 29.5 Å². The number of hydrogen-bond donors (Lipinski definition) is 2. The molecular formula is C20H23N5O3. The zero-order valence-electron chi connectivity index (χ0n) is 15.7. The van der Waals surface area contributed by atoms with Crippen LogP contribution in [0.5, 0.6) is 5.75 Å². The van der Waals surface area contributed by atoms with Crippen molar-refractivity contribution in [3.8, 4) is 5.75 Å². The van der Waals surface area contributed by atoms with Gasteiger partial charge in [-0.25, -0.2) is 9.78 Å². The number of carbonyl (C=O) groups excluding carboxylic acids is 1. The minimum absolute atomic E-state index is 0.172. The number of aromatic amines is 1. The first-order valence-electron chi connectivity index (χ1n) is 9.32. The van der Waals surface area contributed by atoms with E-state index in [-0.39, 0.29) is 6.03 Å². The molecule has 0 unspecified atom stereocenters. The van der Waals surface area contributed by atoms with Crippen LogP contribution < -0.4 is 19.9 Å². The maximum Gasteiger partial charge on any atom is 0.322 e. The van der Waals surface area contributed by atoms with Crippen LogP contribution in [0.2, 0.25) is 0 Å². The summed E-state index contributed by atoms with van der Waals surface area (Å²) in [5.41, 5.74) is 2.74. The van der Waals surface area contributed by atoms with Crippen molar-refractivity contribution in [1.82, 2.24) is 15.3 Å². The second-order valence-corrected chi connectivity index (χ2v) is 6.46. The molecule has 0 bridgehead atoms. The third-order valence-electron chi connectivity index (χ3n) is 4.68. The average molecular weight is 381 g/mol. The summed E-state index contributed by atoms with van der Waals surface area (Å²) in [5, 5.41) is 2.90. The lowest BCUT2D eigenvalue weighted by Crippen LogP contribution is -2.40. The van der Waals surface area contributed by atoms with E-state index in [2.05, 4.69) is 20.2 Å². The third kappa shape index (κ3) is 3.80. The maximum atomic E-state index is 12.7. The average Bonchev–Trinajstić information content (AvgIpc) is 3.41. The maximum absolute atomic E-state index is 12.7. The summed E-state index contributed by atoms with van der Waals surface area (Å²) in [7, 11) is 0. The number of anilines is 2. The molecule has 2 aromatic heterocycles. The van der Waals surface area contributed by atoms with Crippen LogP contribution >= 0.6 is 0 Å². The van der Waals surface area contributed by atoms with Gasteiger partial charge in [-0.05, 0) is 37.3 Å². The Bertz CT molecular complexity index is 908. The van der Waals surface area contributed by atoms with Gasteiger partial charge in [0, 0.05) is 18.4 Å². The fourth-order valence-electron chi connectivity index (χ4n) is 3.28. The minimum Gasteiger partial charge on any atom is -0.490 e. The van der Waals surface area contributed by atoms with E-state index in [0.717, 1.165) is 29.4 Å². The van der Waals surface area contributed by atoms with E-state index >= 15 is 0 Å². The summed E-state index contributed by atoms with van der Waals surface area (Å²) in [4.78, 5) is 23.9. The Hall–Kier alpha value is -3.42. The summed E-state index contributed by atoms with van der Waals surface area (Å²) >= 11 is 0. The predicted octanol–water partition coefficient (Wildman–Crippen LogP) is 3.14. The molecule has 3 aromatic rings. The fraction of sp³-hybridized carbons (Fsp3) is 0.300. The molecule has 8 nitrogen and oxygen atoms in total. The van der Waals surface area contributed by atoms with Crippen molar-refractivity contribution in [2.45, 2.75) is 20.0 Å². The molecule has 0 saturated heterocycles. The lowest BCUT2D eigenvalue weighted by Gasteiger charge is -2.32. The van der Waals surface area contributed by atoms with Gasteiger partial charge in [-0.2, -0.15) is 0 Å². The van der Waals surface area contributed by atoms with Gasteiger partial charge in [0.15, 0.2) is 0 Å². The number of benzene rings is 1. The number of fused-ring (bicyclic) bond motifs is 1. The van der Waals surface area contributed by atoms with Crippen LogP contribution in [0.4, 0.5) is 16.2 Å². The smallest absolute Gasteiger partial charge is 0.322 e. The Kier molecular flexibility index (Phi) is 5.18. The van der Waals surface area contributed by atoms with E-state index < -0.39 is 0 Å². The van der Waals surface area contributed by atoms with Crippen LogP contribution in [0.1, 0.15) is 18.4 Å². The molecule has 1 aromatic carbocycles. The van der Waals surface area contributed by atoms with Crippen LogP contribution in [0.3, 0.4) is 0 Å². The highest BCUT2D eigenvalue weighted by molar-refractivity contribution is 5.92. The number of aromatic nitrogens is 2. The lowest BCUT2D eigenvalue weighted by molar-refractivity contribution is 0.245. The largest absolute Gasteiger partial charge is 0.490 e. The number of imidazole rings is 1. The summed E-state index contributed by atoms with van der Waals surface area (Å²) < 4.78 is 11.1. The monoisotopic (exact) mass is 381 g/mol. The van der Waals surface area contributed by atoms with Crippen LogP contribution in [0.25, 0.3) is 0 Å². The Morgan fingerprint density at radius 3 is 3.07 bits per heavy atom. The molecule has 0 atom stereocenters. The van der Waals surface area contributed by atoms with E-state index in [1.165, 1.54) is 0 Å². The quantitative estimate of drug-likeness (QED) is 0.685. The highest BCUT2D eigenvalue weighted by Gasteiger charge is 2.22. The molecule has 1 aliphatic rings. The molecule has 8 heteroatoms. The second-order valence-electron chi connectivity index (χ2n) is 6.46. The molecular weight excluding hydrogens is 358 g/mol. The molecule has 1 aliphatic heterocycles. The zero-order chi connectivity index (χ0) is 19.3. The van der Waals surface area contributed by atoms with Gasteiger partial charge in [0.25, 0.3) is 0 Å². The van der Waals surface area contributed by atoms with Gasteiger partial charge in [-0.1, -0.05) is 0 Å². The highest BCUT2D eigenvalue weighted by Crippen LogP contribution is 2.36. The topological polar surface area (TPSA) is 86.6 Å². The van der Waals surface area contributed by atoms with Gasteiger partial charge in [0.2, 0.25) is 0 Å². The van der Waals surface area contributed by atoms with Gasteiger partial charge in [-0.15, -0.1) is 0 Å². The lowest BCUT2D eigenvalue weighted by atomic mass is 10.2. The number of rotatable bonds is 6. The van der Waals surface area contributed by atoms with Crippen LogP contribution in [0.15, 0.2) is 53.5 Å². The first-order valence-corrected chi connectivity index (χ1v) is 9.32.